The van der Waals surface area contributed by atoms with Gasteiger partial charge in [0.25, 0.3) is 0 Å². The SMILES string of the molecule is CCCCCCCC[N+](C)(C)CCOCC[N+](C)(C)CCCCCCCC. The van der Waals surface area contributed by atoms with Crippen LogP contribution in [0.5, 0.6) is 0 Å². The second kappa shape index (κ2) is 16.8. The quantitative estimate of drug-likeness (QED) is 0.188. The van der Waals surface area contributed by atoms with E-state index in [0.717, 1.165) is 35.3 Å². The van der Waals surface area contributed by atoms with Crippen molar-refractivity contribution in [2.75, 3.05) is 67.6 Å². The van der Waals surface area contributed by atoms with Crippen molar-refractivity contribution in [1.29, 1.82) is 0 Å². The van der Waals surface area contributed by atoms with Crippen molar-refractivity contribution in [1.82, 2.24) is 0 Å². The van der Waals surface area contributed by atoms with Crippen molar-refractivity contribution in [3.8, 4) is 0 Å². The lowest BCUT2D eigenvalue weighted by Crippen LogP contribution is -2.45. The number of rotatable bonds is 20. The van der Waals surface area contributed by atoms with E-state index in [-0.39, 0.29) is 0 Å². The van der Waals surface area contributed by atoms with Crippen LogP contribution in [0, 0.1) is 0 Å². The molecule has 0 aliphatic carbocycles. The first-order valence-electron chi connectivity index (χ1n) is 12.0. The Balaban J connectivity index is 3.62. The predicted octanol–water partition coefficient (Wildman–Crippen LogP) is 5.88. The summed E-state index contributed by atoms with van der Waals surface area (Å²) in [5.41, 5.74) is 0. The van der Waals surface area contributed by atoms with Gasteiger partial charge < -0.3 is 13.7 Å². The molecule has 0 saturated heterocycles. The number of unbranched alkanes of at least 4 members (excludes halogenated alkanes) is 10. The van der Waals surface area contributed by atoms with Crippen LogP contribution in [0.25, 0.3) is 0 Å². The smallest absolute Gasteiger partial charge is 0.102 e. The molecule has 0 aliphatic heterocycles. The van der Waals surface area contributed by atoms with E-state index in [4.69, 9.17) is 4.74 Å². The third kappa shape index (κ3) is 19.0. The van der Waals surface area contributed by atoms with Crippen molar-refractivity contribution in [3.63, 3.8) is 0 Å². The molecule has 0 rings (SSSR count). The molecule has 0 saturated carbocycles. The second-order valence-corrected chi connectivity index (χ2v) is 9.91. The van der Waals surface area contributed by atoms with Gasteiger partial charge in [-0.2, -0.15) is 0 Å². The summed E-state index contributed by atoms with van der Waals surface area (Å²) in [4.78, 5) is 0. The molecule has 0 unspecified atom stereocenters. The Morgan fingerprint density at radius 1 is 0.444 bits per heavy atom. The van der Waals surface area contributed by atoms with Gasteiger partial charge in [0.05, 0.1) is 54.5 Å². The summed E-state index contributed by atoms with van der Waals surface area (Å²) in [7, 11) is 9.42. The molecule has 0 aromatic heterocycles. The lowest BCUT2D eigenvalue weighted by Gasteiger charge is -2.31. The maximum Gasteiger partial charge on any atom is 0.102 e. The Labute approximate surface area is 172 Å². The number of hydrogen-bond acceptors (Lipinski definition) is 1. The summed E-state index contributed by atoms with van der Waals surface area (Å²) in [5.74, 6) is 0. The van der Waals surface area contributed by atoms with Crippen molar-refractivity contribution in [3.05, 3.63) is 0 Å². The fourth-order valence-electron chi connectivity index (χ4n) is 3.59. The Morgan fingerprint density at radius 3 is 1.15 bits per heavy atom. The minimum atomic E-state index is 0.903. The van der Waals surface area contributed by atoms with Crippen LogP contribution in [0.3, 0.4) is 0 Å². The van der Waals surface area contributed by atoms with Gasteiger partial charge in [0.1, 0.15) is 13.1 Å². The molecule has 0 N–H and O–H groups in total. The van der Waals surface area contributed by atoms with Gasteiger partial charge in [0.15, 0.2) is 0 Å². The molecule has 0 fully saturated rings. The van der Waals surface area contributed by atoms with Gasteiger partial charge in [0, 0.05) is 0 Å². The van der Waals surface area contributed by atoms with E-state index in [1.165, 1.54) is 90.1 Å². The molecule has 0 aliphatic rings. The van der Waals surface area contributed by atoms with E-state index in [1.54, 1.807) is 0 Å². The van der Waals surface area contributed by atoms with Crippen LogP contribution in [0.1, 0.15) is 90.9 Å². The normalized spacial score (nSPS) is 12.7. The van der Waals surface area contributed by atoms with Gasteiger partial charge in [-0.05, 0) is 25.7 Å². The summed E-state index contributed by atoms with van der Waals surface area (Å²) in [6.45, 7) is 11.2. The monoisotopic (exact) mass is 386 g/mol. The van der Waals surface area contributed by atoms with E-state index in [1.807, 2.05) is 0 Å². The number of ether oxygens (including phenoxy) is 1. The van der Waals surface area contributed by atoms with Crippen LogP contribution in [0.2, 0.25) is 0 Å². The van der Waals surface area contributed by atoms with Crippen molar-refractivity contribution in [2.24, 2.45) is 0 Å². The summed E-state index contributed by atoms with van der Waals surface area (Å²) in [6, 6.07) is 0. The van der Waals surface area contributed by atoms with Crippen LogP contribution >= 0.6 is 0 Å². The first kappa shape index (κ1) is 26.9. The Bertz CT molecular complexity index is 286. The van der Waals surface area contributed by atoms with Gasteiger partial charge in [-0.15, -0.1) is 0 Å². The van der Waals surface area contributed by atoms with Crippen LogP contribution in [0.4, 0.5) is 0 Å². The average molecular weight is 387 g/mol. The molecular formula is C24H54N2O+2. The van der Waals surface area contributed by atoms with Crippen LogP contribution < -0.4 is 0 Å². The fourth-order valence-corrected chi connectivity index (χ4v) is 3.59. The van der Waals surface area contributed by atoms with E-state index in [9.17, 15) is 0 Å². The third-order valence-electron chi connectivity index (χ3n) is 5.92. The number of hydrogen-bond donors (Lipinski definition) is 0. The largest absolute Gasteiger partial charge is 0.370 e. The van der Waals surface area contributed by atoms with Crippen LogP contribution in [0.15, 0.2) is 0 Å². The van der Waals surface area contributed by atoms with E-state index >= 15 is 0 Å². The van der Waals surface area contributed by atoms with Crippen molar-refractivity contribution >= 4 is 0 Å². The van der Waals surface area contributed by atoms with E-state index < -0.39 is 0 Å². The lowest BCUT2D eigenvalue weighted by molar-refractivity contribution is -0.894. The molecule has 0 heterocycles. The molecular weight excluding hydrogens is 332 g/mol. The predicted molar refractivity (Wildman–Crippen MR) is 121 cm³/mol. The Morgan fingerprint density at radius 2 is 0.778 bits per heavy atom. The zero-order valence-corrected chi connectivity index (χ0v) is 20.0. The molecule has 0 aromatic carbocycles. The average Bonchev–Trinajstić information content (AvgIpc) is 2.60. The Hall–Kier alpha value is -0.120. The molecule has 0 amide bonds. The molecule has 164 valence electrons. The molecule has 3 nitrogen and oxygen atoms in total. The minimum absolute atomic E-state index is 0.903. The van der Waals surface area contributed by atoms with Crippen molar-refractivity contribution < 1.29 is 13.7 Å². The lowest BCUT2D eigenvalue weighted by atomic mass is 10.1. The molecule has 0 spiro atoms. The molecule has 3 heteroatoms. The van der Waals surface area contributed by atoms with Gasteiger partial charge in [0.2, 0.25) is 0 Å². The summed E-state index contributed by atoms with van der Waals surface area (Å²) >= 11 is 0. The first-order chi connectivity index (χ1) is 12.8. The summed E-state index contributed by atoms with van der Waals surface area (Å²) in [5, 5.41) is 0. The standard InChI is InChI=1S/C24H54N2O/c1-7-9-11-13-15-17-19-25(3,4)21-23-27-24-22-26(5,6)20-18-16-14-12-10-8-2/h7-24H2,1-6H3/q+2. The summed E-state index contributed by atoms with van der Waals surface area (Å²) in [6.07, 6.45) is 16.7. The molecule has 0 aromatic rings. The zero-order chi connectivity index (χ0) is 20.4. The number of likely N-dealkylation sites (N-methyl/N-ethyl adjacent to an activating group) is 2. The molecule has 27 heavy (non-hydrogen) atoms. The fraction of sp³-hybridized carbons (Fsp3) is 1.00. The molecule has 0 radical (unpaired) electrons. The summed E-state index contributed by atoms with van der Waals surface area (Å²) < 4.78 is 8.19. The molecule has 0 bridgehead atoms. The van der Waals surface area contributed by atoms with Crippen LogP contribution in [-0.2, 0) is 4.74 Å². The second-order valence-electron chi connectivity index (χ2n) is 9.91. The maximum atomic E-state index is 5.99. The van der Waals surface area contributed by atoms with Gasteiger partial charge in [-0.1, -0.05) is 65.2 Å². The van der Waals surface area contributed by atoms with E-state index in [0.29, 0.717) is 0 Å². The van der Waals surface area contributed by atoms with Gasteiger partial charge >= 0.3 is 0 Å². The third-order valence-corrected chi connectivity index (χ3v) is 5.92. The highest BCUT2D eigenvalue weighted by Gasteiger charge is 2.16. The molecule has 0 atom stereocenters. The topological polar surface area (TPSA) is 9.23 Å². The van der Waals surface area contributed by atoms with Crippen molar-refractivity contribution in [2.45, 2.75) is 90.9 Å². The minimum Gasteiger partial charge on any atom is -0.370 e. The van der Waals surface area contributed by atoms with Gasteiger partial charge in [-0.25, -0.2) is 0 Å². The number of quaternary nitrogens is 2. The van der Waals surface area contributed by atoms with Gasteiger partial charge in [-0.3, -0.25) is 0 Å². The van der Waals surface area contributed by atoms with E-state index in [2.05, 4.69) is 42.0 Å². The number of nitrogens with zero attached hydrogens (tertiary/aromatic N) is 2. The highest BCUT2D eigenvalue weighted by atomic mass is 16.5. The maximum absolute atomic E-state index is 5.99. The highest BCUT2D eigenvalue weighted by molar-refractivity contribution is 4.46. The highest BCUT2D eigenvalue weighted by Crippen LogP contribution is 2.09. The zero-order valence-electron chi connectivity index (χ0n) is 20.0. The Kier molecular flexibility index (Phi) is 16.7. The first-order valence-corrected chi connectivity index (χ1v) is 12.0. The van der Waals surface area contributed by atoms with Crippen LogP contribution in [-0.4, -0.2) is 76.5 Å².